The molecule has 0 spiro atoms. The second-order valence-corrected chi connectivity index (χ2v) is 21.3. The van der Waals surface area contributed by atoms with E-state index in [9.17, 15) is 0 Å². The van der Waals surface area contributed by atoms with Gasteiger partial charge in [0.05, 0.1) is 0 Å². The smallest absolute Gasteiger partial charge is 0.416 e. The van der Waals surface area contributed by atoms with E-state index < -0.39 is 33.6 Å². The molecule has 0 aromatic heterocycles. The highest BCUT2D eigenvalue weighted by atomic mass is 35.6. The quantitative estimate of drug-likeness (QED) is 0.555. The molecule has 9 heteroatoms. The molecule has 118 valence electrons. The summed E-state index contributed by atoms with van der Waals surface area (Å²) < 4.78 is 25.1. The second-order valence-electron chi connectivity index (χ2n) is 6.51. The van der Waals surface area contributed by atoms with Crippen molar-refractivity contribution in [3.8, 4) is 0 Å². The first-order valence-electron chi connectivity index (χ1n) is 6.98. The molecule has 2 rings (SSSR count). The van der Waals surface area contributed by atoms with Gasteiger partial charge in [-0.25, -0.2) is 0 Å². The van der Waals surface area contributed by atoms with Gasteiger partial charge in [-0.15, -0.1) is 0 Å². The van der Waals surface area contributed by atoms with Crippen LogP contribution >= 0.6 is 11.1 Å². The van der Waals surface area contributed by atoms with E-state index >= 15 is 0 Å². The average molecular weight is 379 g/mol. The molecule has 1 aromatic carbocycles. The summed E-state index contributed by atoms with van der Waals surface area (Å²) in [5, 5.41) is 0.904. The Balaban J connectivity index is 2.42. The monoisotopic (exact) mass is 378 g/mol. The normalized spacial score (nSPS) is 26.6. The highest BCUT2D eigenvalue weighted by Gasteiger charge is 2.55. The molecule has 0 amide bonds. The van der Waals surface area contributed by atoms with Gasteiger partial charge in [-0.05, 0) is 39.3 Å². The fourth-order valence-corrected chi connectivity index (χ4v) is 24.6. The van der Waals surface area contributed by atoms with Gasteiger partial charge < -0.3 is 16.5 Å². The third-order valence-corrected chi connectivity index (χ3v) is 19.8. The van der Waals surface area contributed by atoms with Gasteiger partial charge in [-0.2, -0.15) is 0 Å². The van der Waals surface area contributed by atoms with E-state index in [1.54, 1.807) is 0 Å². The van der Waals surface area contributed by atoms with Crippen LogP contribution in [0.15, 0.2) is 30.3 Å². The van der Waals surface area contributed by atoms with E-state index in [4.69, 9.17) is 27.5 Å². The maximum atomic E-state index is 6.86. The van der Waals surface area contributed by atoms with Gasteiger partial charge in [0.1, 0.15) is 0 Å². The van der Waals surface area contributed by atoms with E-state index in [0.29, 0.717) is 0 Å². The van der Waals surface area contributed by atoms with E-state index in [-0.39, 0.29) is 0 Å². The van der Waals surface area contributed by atoms with Crippen molar-refractivity contribution in [1.29, 1.82) is 0 Å². The Hall–Kier alpha value is 0.218. The molecule has 0 saturated carbocycles. The SMILES string of the molecule is C[Si]1(C)O[Si](C)(C)O[Si](Cl)(c2ccccc2)O[Si](C)(C)O1. The lowest BCUT2D eigenvalue weighted by Crippen LogP contribution is -2.67. The van der Waals surface area contributed by atoms with Crippen molar-refractivity contribution < 1.29 is 16.5 Å². The lowest BCUT2D eigenvalue weighted by atomic mass is 10.4. The van der Waals surface area contributed by atoms with Crippen LogP contribution in [0.5, 0.6) is 0 Å². The van der Waals surface area contributed by atoms with Gasteiger partial charge in [0.15, 0.2) is 0 Å². The Bertz CT molecular complexity index is 487. The maximum absolute atomic E-state index is 6.86. The zero-order valence-corrected chi connectivity index (χ0v) is 18.2. The molecule has 0 radical (unpaired) electrons. The van der Waals surface area contributed by atoms with Crippen LogP contribution in [-0.2, 0) is 16.5 Å². The van der Waals surface area contributed by atoms with Crippen LogP contribution in [0.2, 0.25) is 39.3 Å². The molecular formula is C12H23ClO4Si4. The summed E-state index contributed by atoms with van der Waals surface area (Å²) in [5.74, 6) is 0. The summed E-state index contributed by atoms with van der Waals surface area (Å²) in [7, 11) is -10.2. The maximum Gasteiger partial charge on any atom is 0.460 e. The van der Waals surface area contributed by atoms with Crippen LogP contribution in [0.3, 0.4) is 0 Å². The average Bonchev–Trinajstić information content (AvgIpc) is 2.23. The molecule has 1 heterocycles. The predicted octanol–water partition coefficient (Wildman–Crippen LogP) is 3.26. The molecule has 21 heavy (non-hydrogen) atoms. The summed E-state index contributed by atoms with van der Waals surface area (Å²) >= 11 is 6.86. The van der Waals surface area contributed by atoms with Crippen molar-refractivity contribution >= 4 is 49.8 Å². The van der Waals surface area contributed by atoms with Gasteiger partial charge in [0.25, 0.3) is 0 Å². The van der Waals surface area contributed by atoms with Gasteiger partial charge in [0, 0.05) is 5.19 Å². The molecule has 0 aliphatic carbocycles. The Morgan fingerprint density at radius 3 is 1.48 bits per heavy atom. The Labute approximate surface area is 136 Å². The third-order valence-electron chi connectivity index (χ3n) is 2.86. The van der Waals surface area contributed by atoms with Gasteiger partial charge >= 0.3 is 33.6 Å². The standard InChI is InChI=1S/C12H23ClO4Si4/c1-18(2)14-19(3,4)16-21(13,17-20(5,6)15-18)12-10-8-7-9-11-12/h7-11H,1-6H3. The zero-order valence-electron chi connectivity index (χ0n) is 13.4. The van der Waals surface area contributed by atoms with E-state index in [2.05, 4.69) is 0 Å². The number of hydrogen-bond donors (Lipinski definition) is 0. The first-order chi connectivity index (χ1) is 9.43. The fourth-order valence-electron chi connectivity index (χ4n) is 2.65. The van der Waals surface area contributed by atoms with Crippen LogP contribution in [-0.4, -0.2) is 33.6 Å². The lowest BCUT2D eigenvalue weighted by Gasteiger charge is -2.46. The molecule has 1 fully saturated rings. The molecule has 1 aliphatic heterocycles. The number of hydrogen-bond acceptors (Lipinski definition) is 4. The highest BCUT2D eigenvalue weighted by Crippen LogP contribution is 2.32. The van der Waals surface area contributed by atoms with E-state index in [1.807, 2.05) is 69.6 Å². The number of rotatable bonds is 1. The summed E-state index contributed by atoms with van der Waals surface area (Å²) in [6.45, 7) is 12.1. The molecule has 1 aromatic rings. The summed E-state index contributed by atoms with van der Waals surface area (Å²) in [6.07, 6.45) is 0. The molecule has 0 atom stereocenters. The minimum absolute atomic E-state index is 0.904. The van der Waals surface area contributed by atoms with E-state index in [1.165, 1.54) is 0 Å². The molecule has 0 N–H and O–H groups in total. The van der Waals surface area contributed by atoms with Crippen molar-refractivity contribution in [2.24, 2.45) is 0 Å². The second kappa shape index (κ2) is 5.69. The van der Waals surface area contributed by atoms with Crippen molar-refractivity contribution in [3.63, 3.8) is 0 Å². The minimum Gasteiger partial charge on any atom is -0.416 e. The van der Waals surface area contributed by atoms with Crippen LogP contribution in [0, 0.1) is 0 Å². The minimum atomic E-state index is -3.06. The van der Waals surface area contributed by atoms with Crippen LogP contribution < -0.4 is 5.19 Å². The summed E-state index contributed by atoms with van der Waals surface area (Å²) in [5.41, 5.74) is 0. The third kappa shape index (κ3) is 4.59. The highest BCUT2D eigenvalue weighted by molar-refractivity contribution is 7.24. The molecule has 0 bridgehead atoms. The predicted molar refractivity (Wildman–Crippen MR) is 94.5 cm³/mol. The van der Waals surface area contributed by atoms with Crippen molar-refractivity contribution in [1.82, 2.24) is 0 Å². The largest absolute Gasteiger partial charge is 0.460 e. The number of halogens is 1. The fraction of sp³-hybridized carbons (Fsp3) is 0.500. The van der Waals surface area contributed by atoms with Crippen molar-refractivity contribution in [2.45, 2.75) is 39.3 Å². The van der Waals surface area contributed by atoms with Gasteiger partial charge in [0.2, 0.25) is 0 Å². The van der Waals surface area contributed by atoms with Gasteiger partial charge in [-0.1, -0.05) is 41.4 Å². The van der Waals surface area contributed by atoms with Crippen molar-refractivity contribution in [2.75, 3.05) is 0 Å². The Morgan fingerprint density at radius 2 is 1.05 bits per heavy atom. The van der Waals surface area contributed by atoms with Crippen molar-refractivity contribution in [3.05, 3.63) is 30.3 Å². The molecule has 0 unspecified atom stereocenters. The van der Waals surface area contributed by atoms with E-state index in [0.717, 1.165) is 5.19 Å². The van der Waals surface area contributed by atoms with Gasteiger partial charge in [-0.3, -0.25) is 0 Å². The van der Waals surface area contributed by atoms with Crippen LogP contribution in [0.4, 0.5) is 0 Å². The summed E-state index contributed by atoms with van der Waals surface area (Å²) in [4.78, 5) is 0. The Kier molecular flexibility index (Phi) is 4.76. The molecule has 4 nitrogen and oxygen atoms in total. The molecule has 1 saturated heterocycles. The topological polar surface area (TPSA) is 36.9 Å². The first kappa shape index (κ1) is 17.6. The summed E-state index contributed by atoms with van der Waals surface area (Å²) in [6, 6.07) is 9.76. The van der Waals surface area contributed by atoms with Crippen LogP contribution in [0.25, 0.3) is 0 Å². The Morgan fingerprint density at radius 1 is 0.667 bits per heavy atom. The number of benzene rings is 1. The molecular weight excluding hydrogens is 356 g/mol. The molecule has 1 aliphatic rings. The van der Waals surface area contributed by atoms with Crippen LogP contribution in [0.1, 0.15) is 0 Å². The lowest BCUT2D eigenvalue weighted by molar-refractivity contribution is 0.249. The zero-order chi connectivity index (χ0) is 15.9. The first-order valence-corrected chi connectivity index (χ1v) is 18.3.